The molecule has 0 aliphatic carbocycles. The first kappa shape index (κ1) is 18.1. The SMILES string of the molecule is NC(=O)CCOc1c(C(=O)O)ccc2[nH]nc(/C=C/c3ccc(F)cc3)c12. The van der Waals surface area contributed by atoms with Gasteiger partial charge in [0.2, 0.25) is 5.91 Å². The Hall–Kier alpha value is -3.68. The van der Waals surface area contributed by atoms with Gasteiger partial charge >= 0.3 is 5.97 Å². The van der Waals surface area contributed by atoms with Crippen molar-refractivity contribution < 1.29 is 23.8 Å². The molecule has 0 unspecified atom stereocenters. The predicted octanol–water partition coefficient (Wildman–Crippen LogP) is 2.82. The number of aromatic amines is 1. The molecule has 0 bridgehead atoms. The summed E-state index contributed by atoms with van der Waals surface area (Å²) in [4.78, 5) is 22.5. The van der Waals surface area contributed by atoms with Crippen LogP contribution in [0.5, 0.6) is 5.75 Å². The number of hydrogen-bond acceptors (Lipinski definition) is 4. The van der Waals surface area contributed by atoms with E-state index in [9.17, 15) is 19.1 Å². The molecule has 0 saturated heterocycles. The number of benzene rings is 2. The van der Waals surface area contributed by atoms with E-state index in [0.717, 1.165) is 5.56 Å². The normalized spacial score (nSPS) is 11.1. The number of primary amides is 1. The van der Waals surface area contributed by atoms with Crippen LogP contribution in [0.25, 0.3) is 23.1 Å². The highest BCUT2D eigenvalue weighted by atomic mass is 19.1. The van der Waals surface area contributed by atoms with Crippen LogP contribution in [-0.4, -0.2) is 33.8 Å². The van der Waals surface area contributed by atoms with Gasteiger partial charge in [0.15, 0.2) is 0 Å². The number of hydrogen-bond donors (Lipinski definition) is 3. The van der Waals surface area contributed by atoms with Gasteiger partial charge in [-0.1, -0.05) is 18.2 Å². The van der Waals surface area contributed by atoms with E-state index < -0.39 is 11.9 Å². The number of aromatic carboxylic acids is 1. The average Bonchev–Trinajstić information content (AvgIpc) is 3.04. The van der Waals surface area contributed by atoms with E-state index in [2.05, 4.69) is 10.2 Å². The fourth-order valence-corrected chi connectivity index (χ4v) is 2.55. The van der Waals surface area contributed by atoms with E-state index in [1.54, 1.807) is 30.4 Å². The maximum absolute atomic E-state index is 13.0. The molecule has 138 valence electrons. The van der Waals surface area contributed by atoms with Gasteiger partial charge in [0.1, 0.15) is 17.1 Å². The zero-order chi connectivity index (χ0) is 19.4. The third kappa shape index (κ3) is 4.12. The molecule has 0 saturated carbocycles. The summed E-state index contributed by atoms with van der Waals surface area (Å²) in [5, 5.41) is 16.9. The molecule has 0 spiro atoms. The highest BCUT2D eigenvalue weighted by Crippen LogP contribution is 2.32. The molecule has 2 aromatic carbocycles. The number of carboxylic acid groups (broad SMARTS) is 1. The van der Waals surface area contributed by atoms with Gasteiger partial charge in [0, 0.05) is 0 Å². The van der Waals surface area contributed by atoms with E-state index in [-0.39, 0.29) is 30.2 Å². The maximum Gasteiger partial charge on any atom is 0.339 e. The fraction of sp³-hybridized carbons (Fsp3) is 0.105. The summed E-state index contributed by atoms with van der Waals surface area (Å²) in [6.45, 7) is -0.0545. The third-order valence-corrected chi connectivity index (χ3v) is 3.84. The zero-order valence-corrected chi connectivity index (χ0v) is 14.1. The summed E-state index contributed by atoms with van der Waals surface area (Å²) in [5.41, 5.74) is 6.83. The molecule has 0 aliphatic heterocycles. The van der Waals surface area contributed by atoms with E-state index in [0.29, 0.717) is 16.6 Å². The second kappa shape index (κ2) is 7.69. The topological polar surface area (TPSA) is 118 Å². The minimum absolute atomic E-state index is 0.0476. The molecule has 3 rings (SSSR count). The number of aromatic nitrogens is 2. The molecule has 1 heterocycles. The Labute approximate surface area is 153 Å². The van der Waals surface area contributed by atoms with Gasteiger partial charge in [0.05, 0.1) is 29.6 Å². The molecule has 27 heavy (non-hydrogen) atoms. The summed E-state index contributed by atoms with van der Waals surface area (Å²) < 4.78 is 18.6. The number of H-pyrrole nitrogens is 1. The quantitative estimate of drug-likeness (QED) is 0.592. The number of carboxylic acids is 1. The van der Waals surface area contributed by atoms with Gasteiger partial charge < -0.3 is 15.6 Å². The Balaban J connectivity index is 2.02. The largest absolute Gasteiger partial charge is 0.491 e. The number of nitrogens with one attached hydrogen (secondary N) is 1. The number of ether oxygens (including phenoxy) is 1. The summed E-state index contributed by atoms with van der Waals surface area (Å²) in [6, 6.07) is 8.87. The molecular formula is C19H16FN3O4. The Morgan fingerprint density at radius 1 is 1.19 bits per heavy atom. The number of halogens is 1. The second-order valence-corrected chi connectivity index (χ2v) is 5.73. The van der Waals surface area contributed by atoms with E-state index >= 15 is 0 Å². The zero-order valence-electron chi connectivity index (χ0n) is 14.1. The number of nitrogens with zero attached hydrogens (tertiary/aromatic N) is 1. The number of fused-ring (bicyclic) bond motifs is 1. The Bertz CT molecular complexity index is 1030. The van der Waals surface area contributed by atoms with Crippen molar-refractivity contribution in [2.24, 2.45) is 5.73 Å². The standard InChI is InChI=1S/C19H16FN3O4/c20-12-4-1-11(2-5-12)3-7-14-17-15(23-22-14)8-6-13(19(25)26)18(17)27-10-9-16(21)24/h1-8H,9-10H2,(H2,21,24)(H,22,23)(H,25,26)/b7-3+. The number of rotatable bonds is 7. The maximum atomic E-state index is 13.0. The Morgan fingerprint density at radius 2 is 1.93 bits per heavy atom. The fourth-order valence-electron chi connectivity index (χ4n) is 2.55. The lowest BCUT2D eigenvalue weighted by atomic mass is 10.1. The molecule has 0 radical (unpaired) electrons. The molecule has 8 heteroatoms. The van der Waals surface area contributed by atoms with Crippen LogP contribution in [0, 0.1) is 5.82 Å². The molecule has 0 aliphatic rings. The van der Waals surface area contributed by atoms with Crippen LogP contribution in [0.2, 0.25) is 0 Å². The van der Waals surface area contributed by atoms with Crippen LogP contribution in [0.3, 0.4) is 0 Å². The highest BCUT2D eigenvalue weighted by molar-refractivity contribution is 6.02. The van der Waals surface area contributed by atoms with E-state index in [1.807, 2.05) is 0 Å². The number of nitrogens with two attached hydrogens (primary N) is 1. The summed E-state index contributed by atoms with van der Waals surface area (Å²) in [6.07, 6.45) is 3.34. The van der Waals surface area contributed by atoms with Crippen molar-refractivity contribution in [1.82, 2.24) is 10.2 Å². The van der Waals surface area contributed by atoms with Gasteiger partial charge in [0.25, 0.3) is 0 Å². The monoisotopic (exact) mass is 369 g/mol. The lowest BCUT2D eigenvalue weighted by Gasteiger charge is -2.10. The summed E-state index contributed by atoms with van der Waals surface area (Å²) in [7, 11) is 0. The first-order valence-corrected chi connectivity index (χ1v) is 8.05. The van der Waals surface area contributed by atoms with Gasteiger partial charge in [-0.15, -0.1) is 0 Å². The van der Waals surface area contributed by atoms with Gasteiger partial charge in [-0.05, 0) is 35.9 Å². The van der Waals surface area contributed by atoms with Gasteiger partial charge in [-0.2, -0.15) is 5.10 Å². The molecule has 0 atom stereocenters. The van der Waals surface area contributed by atoms with E-state index in [1.165, 1.54) is 18.2 Å². The van der Waals surface area contributed by atoms with Crippen LogP contribution in [-0.2, 0) is 4.79 Å². The Morgan fingerprint density at radius 3 is 2.59 bits per heavy atom. The minimum Gasteiger partial charge on any atom is -0.491 e. The van der Waals surface area contributed by atoms with Crippen molar-refractivity contribution in [3.63, 3.8) is 0 Å². The lowest BCUT2D eigenvalue weighted by molar-refractivity contribution is -0.118. The number of carbonyl (C=O) groups excluding carboxylic acids is 1. The molecule has 3 aromatic rings. The molecule has 1 aromatic heterocycles. The van der Waals surface area contributed by atoms with Crippen LogP contribution in [0.15, 0.2) is 36.4 Å². The van der Waals surface area contributed by atoms with E-state index in [4.69, 9.17) is 10.5 Å². The molecule has 4 N–H and O–H groups in total. The first-order valence-electron chi connectivity index (χ1n) is 8.05. The first-order chi connectivity index (χ1) is 13.0. The molecule has 0 fully saturated rings. The van der Waals surface area contributed by atoms with Crippen molar-refractivity contribution >= 4 is 34.9 Å². The van der Waals surface area contributed by atoms with Gasteiger partial charge in [-0.3, -0.25) is 9.89 Å². The molecule has 1 amide bonds. The van der Waals surface area contributed by atoms with Crippen molar-refractivity contribution in [2.45, 2.75) is 6.42 Å². The van der Waals surface area contributed by atoms with Crippen molar-refractivity contribution in [2.75, 3.05) is 6.61 Å². The lowest BCUT2D eigenvalue weighted by Crippen LogP contribution is -2.15. The smallest absolute Gasteiger partial charge is 0.339 e. The van der Waals surface area contributed by atoms with Gasteiger partial charge in [-0.25, -0.2) is 9.18 Å². The number of amides is 1. The minimum atomic E-state index is -1.17. The van der Waals surface area contributed by atoms with Crippen molar-refractivity contribution in [3.8, 4) is 5.75 Å². The van der Waals surface area contributed by atoms with Crippen LogP contribution < -0.4 is 10.5 Å². The van der Waals surface area contributed by atoms with Crippen molar-refractivity contribution in [3.05, 3.63) is 59.0 Å². The van der Waals surface area contributed by atoms with Crippen LogP contribution >= 0.6 is 0 Å². The second-order valence-electron chi connectivity index (χ2n) is 5.73. The Kier molecular flexibility index (Phi) is 5.16. The predicted molar refractivity (Wildman–Crippen MR) is 97.7 cm³/mol. The van der Waals surface area contributed by atoms with Crippen LogP contribution in [0.4, 0.5) is 4.39 Å². The molecular weight excluding hydrogens is 353 g/mol. The third-order valence-electron chi connectivity index (χ3n) is 3.84. The van der Waals surface area contributed by atoms with Crippen LogP contribution in [0.1, 0.15) is 28.0 Å². The summed E-state index contributed by atoms with van der Waals surface area (Å²) >= 11 is 0. The summed E-state index contributed by atoms with van der Waals surface area (Å²) in [5.74, 6) is -1.95. The van der Waals surface area contributed by atoms with Crippen molar-refractivity contribution in [1.29, 1.82) is 0 Å². The number of carbonyl (C=O) groups is 2. The highest BCUT2D eigenvalue weighted by Gasteiger charge is 2.19. The average molecular weight is 369 g/mol. The molecule has 7 nitrogen and oxygen atoms in total.